The van der Waals surface area contributed by atoms with Gasteiger partial charge in [-0.1, -0.05) is 53.0 Å². The van der Waals surface area contributed by atoms with E-state index in [1.807, 2.05) is 30.3 Å². The molecule has 9 heteroatoms. The summed E-state index contributed by atoms with van der Waals surface area (Å²) >= 11 is 18.4. The number of fused-ring (bicyclic) bond motifs is 1. The number of nitrogens with one attached hydrogen (secondary N) is 1. The first-order chi connectivity index (χ1) is 15.5. The van der Waals surface area contributed by atoms with Gasteiger partial charge in [0.05, 0.1) is 26.4 Å². The number of para-hydroxylation sites is 1. The van der Waals surface area contributed by atoms with Crippen molar-refractivity contribution < 1.29 is 9.21 Å². The average Bonchev–Trinajstić information content (AvgIpc) is 3.44. The number of halogens is 3. The summed E-state index contributed by atoms with van der Waals surface area (Å²) in [5.41, 5.74) is 3.12. The second-order valence-corrected chi connectivity index (χ2v) is 8.11. The van der Waals surface area contributed by atoms with E-state index < -0.39 is 5.91 Å². The average molecular weight is 484 g/mol. The summed E-state index contributed by atoms with van der Waals surface area (Å²) in [4.78, 5) is 14.3. The maximum absolute atomic E-state index is 12.7. The number of nitrogens with zero attached hydrogens (tertiary/aromatic N) is 3. The molecule has 5 aromatic rings. The van der Waals surface area contributed by atoms with Crippen LogP contribution in [-0.4, -0.2) is 20.9 Å². The third-order valence-corrected chi connectivity index (χ3v) is 5.79. The molecule has 0 aliphatic carbocycles. The van der Waals surface area contributed by atoms with E-state index in [9.17, 15) is 4.79 Å². The van der Waals surface area contributed by atoms with Crippen LogP contribution >= 0.6 is 34.8 Å². The summed E-state index contributed by atoms with van der Waals surface area (Å²) in [6.45, 7) is 0. The SMILES string of the molecule is O=C(Nc1cc2nn(-c3ccccc3)nc2cc1Cl)c1ccc(-c2ccc(Cl)c(Cl)c2)o1. The molecule has 1 N–H and O–H groups in total. The van der Waals surface area contributed by atoms with Crippen LogP contribution < -0.4 is 5.32 Å². The smallest absolute Gasteiger partial charge is 0.291 e. The molecule has 5 rings (SSSR count). The number of furan rings is 1. The van der Waals surface area contributed by atoms with Crippen LogP contribution in [0.15, 0.2) is 77.2 Å². The summed E-state index contributed by atoms with van der Waals surface area (Å²) in [6.07, 6.45) is 0. The van der Waals surface area contributed by atoms with E-state index in [0.29, 0.717) is 43.1 Å². The Morgan fingerprint density at radius 2 is 1.56 bits per heavy atom. The van der Waals surface area contributed by atoms with Crippen molar-refractivity contribution in [3.63, 3.8) is 0 Å². The molecule has 1 amide bonds. The van der Waals surface area contributed by atoms with E-state index in [0.717, 1.165) is 5.69 Å². The van der Waals surface area contributed by atoms with Crippen LogP contribution in [0.25, 0.3) is 28.0 Å². The van der Waals surface area contributed by atoms with Gasteiger partial charge in [-0.3, -0.25) is 4.79 Å². The number of rotatable bonds is 4. The summed E-state index contributed by atoms with van der Waals surface area (Å²) < 4.78 is 5.70. The predicted molar refractivity (Wildman–Crippen MR) is 126 cm³/mol. The topological polar surface area (TPSA) is 73.0 Å². The monoisotopic (exact) mass is 482 g/mol. The molecule has 6 nitrogen and oxygen atoms in total. The van der Waals surface area contributed by atoms with Crippen LogP contribution in [0.2, 0.25) is 15.1 Å². The molecule has 0 spiro atoms. The van der Waals surface area contributed by atoms with Crippen molar-refractivity contribution in [2.75, 3.05) is 5.32 Å². The Bertz CT molecular complexity index is 1460. The van der Waals surface area contributed by atoms with Gasteiger partial charge in [-0.25, -0.2) is 0 Å². The maximum atomic E-state index is 12.7. The fraction of sp³-hybridized carbons (Fsp3) is 0. The van der Waals surface area contributed by atoms with E-state index in [2.05, 4.69) is 15.5 Å². The van der Waals surface area contributed by atoms with Crippen molar-refractivity contribution in [2.45, 2.75) is 0 Å². The molecular weight excluding hydrogens is 471 g/mol. The van der Waals surface area contributed by atoms with Crippen molar-refractivity contribution in [1.82, 2.24) is 15.0 Å². The molecule has 0 unspecified atom stereocenters. The third-order valence-electron chi connectivity index (χ3n) is 4.74. The lowest BCUT2D eigenvalue weighted by Gasteiger charge is -2.05. The van der Waals surface area contributed by atoms with E-state index in [-0.39, 0.29) is 5.76 Å². The summed E-state index contributed by atoms with van der Waals surface area (Å²) in [5.74, 6) is 0.157. The summed E-state index contributed by atoms with van der Waals surface area (Å²) in [6, 6.07) is 21.2. The van der Waals surface area contributed by atoms with E-state index >= 15 is 0 Å². The highest BCUT2D eigenvalue weighted by Gasteiger charge is 2.16. The molecule has 2 aromatic heterocycles. The number of carbonyl (C=O) groups excluding carboxylic acids is 1. The molecule has 158 valence electrons. The molecule has 32 heavy (non-hydrogen) atoms. The fourth-order valence-electron chi connectivity index (χ4n) is 3.16. The van der Waals surface area contributed by atoms with Gasteiger partial charge in [-0.15, -0.1) is 10.2 Å². The number of hydrogen-bond donors (Lipinski definition) is 1. The molecule has 0 atom stereocenters. The highest BCUT2D eigenvalue weighted by molar-refractivity contribution is 6.42. The van der Waals surface area contributed by atoms with Gasteiger partial charge < -0.3 is 9.73 Å². The zero-order chi connectivity index (χ0) is 22.2. The Balaban J connectivity index is 1.40. The quantitative estimate of drug-likeness (QED) is 0.302. The number of benzene rings is 3. The Kier molecular flexibility index (Phi) is 5.35. The molecular formula is C23H13Cl3N4O2. The van der Waals surface area contributed by atoms with E-state index in [1.54, 1.807) is 42.5 Å². The second kappa shape index (κ2) is 8.31. The molecule has 0 radical (unpaired) electrons. The number of anilines is 1. The second-order valence-electron chi connectivity index (χ2n) is 6.89. The minimum Gasteiger partial charge on any atom is -0.451 e. The molecule has 3 aromatic carbocycles. The lowest BCUT2D eigenvalue weighted by Crippen LogP contribution is -2.11. The molecule has 0 fully saturated rings. The van der Waals surface area contributed by atoms with Gasteiger partial charge in [0.25, 0.3) is 5.91 Å². The van der Waals surface area contributed by atoms with Crippen molar-refractivity contribution in [2.24, 2.45) is 0 Å². The van der Waals surface area contributed by atoms with Crippen LogP contribution in [0.1, 0.15) is 10.6 Å². The standard InChI is InChI=1S/C23H13Cl3N4O2/c24-15-7-6-13(10-16(15)25)21-8-9-22(32-21)23(31)27-18-12-20-19(11-17(18)26)28-30(29-20)14-4-2-1-3-5-14/h1-12H,(H,27,31). The van der Waals surface area contributed by atoms with Gasteiger partial charge in [0.2, 0.25) is 0 Å². The molecule has 2 heterocycles. The Hall–Kier alpha value is -3.32. The zero-order valence-electron chi connectivity index (χ0n) is 16.2. The predicted octanol–water partition coefficient (Wildman–Crippen LogP) is 6.89. The van der Waals surface area contributed by atoms with Crippen molar-refractivity contribution in [3.05, 3.63) is 93.6 Å². The Morgan fingerprint density at radius 3 is 2.31 bits per heavy atom. The molecule has 0 saturated heterocycles. The molecule has 0 saturated carbocycles. The molecule has 0 aliphatic rings. The number of hydrogen-bond acceptors (Lipinski definition) is 4. The van der Waals surface area contributed by atoms with Crippen LogP contribution in [0.5, 0.6) is 0 Å². The van der Waals surface area contributed by atoms with Crippen molar-refractivity contribution in [1.29, 1.82) is 0 Å². The minimum absolute atomic E-state index is 0.121. The van der Waals surface area contributed by atoms with Gasteiger partial charge in [0, 0.05) is 5.56 Å². The van der Waals surface area contributed by atoms with Gasteiger partial charge in [0.15, 0.2) is 5.76 Å². The van der Waals surface area contributed by atoms with E-state index in [1.165, 1.54) is 4.80 Å². The highest BCUT2D eigenvalue weighted by Crippen LogP contribution is 2.31. The Labute approximate surface area is 197 Å². The fourth-order valence-corrected chi connectivity index (χ4v) is 3.66. The third kappa shape index (κ3) is 3.96. The van der Waals surface area contributed by atoms with Crippen molar-refractivity contribution in [3.8, 4) is 17.0 Å². The molecule has 0 aliphatic heterocycles. The first-order valence-corrected chi connectivity index (χ1v) is 10.6. The van der Waals surface area contributed by atoms with Crippen molar-refractivity contribution >= 4 is 57.4 Å². The van der Waals surface area contributed by atoms with Crippen LogP contribution in [0, 0.1) is 0 Å². The highest BCUT2D eigenvalue weighted by atomic mass is 35.5. The van der Waals surface area contributed by atoms with Gasteiger partial charge >= 0.3 is 0 Å². The largest absolute Gasteiger partial charge is 0.451 e. The molecule has 0 bridgehead atoms. The number of amides is 1. The number of carbonyl (C=O) groups is 1. The lowest BCUT2D eigenvalue weighted by molar-refractivity contribution is 0.0997. The van der Waals surface area contributed by atoms with Gasteiger partial charge in [-0.05, 0) is 54.6 Å². The summed E-state index contributed by atoms with van der Waals surface area (Å²) in [5, 5.41) is 12.9. The maximum Gasteiger partial charge on any atom is 0.291 e. The van der Waals surface area contributed by atoms with E-state index in [4.69, 9.17) is 39.2 Å². The first kappa shape index (κ1) is 20.6. The number of aromatic nitrogens is 3. The summed E-state index contributed by atoms with van der Waals surface area (Å²) in [7, 11) is 0. The van der Waals surface area contributed by atoms with Crippen LogP contribution in [0.3, 0.4) is 0 Å². The van der Waals surface area contributed by atoms with Crippen LogP contribution in [-0.2, 0) is 0 Å². The van der Waals surface area contributed by atoms with Crippen LogP contribution in [0.4, 0.5) is 5.69 Å². The first-order valence-electron chi connectivity index (χ1n) is 9.46. The van der Waals surface area contributed by atoms with Gasteiger partial charge in [-0.2, -0.15) is 4.80 Å². The lowest BCUT2D eigenvalue weighted by atomic mass is 10.2. The zero-order valence-corrected chi connectivity index (χ0v) is 18.5. The normalized spacial score (nSPS) is 11.1. The minimum atomic E-state index is -0.451. The van der Waals surface area contributed by atoms with Gasteiger partial charge in [0.1, 0.15) is 16.8 Å². The Morgan fingerprint density at radius 1 is 0.812 bits per heavy atom.